The van der Waals surface area contributed by atoms with Crippen molar-refractivity contribution in [3.8, 4) is 5.75 Å². The second kappa shape index (κ2) is 9.17. The van der Waals surface area contributed by atoms with Crippen LogP contribution in [-0.2, 0) is 0 Å². The average Bonchev–Trinajstić information content (AvgIpc) is 3.11. The maximum Gasteiger partial charge on any atom is 0.251 e. The van der Waals surface area contributed by atoms with Gasteiger partial charge in [0, 0.05) is 44.5 Å². The number of benzene rings is 2. The van der Waals surface area contributed by atoms with Gasteiger partial charge in [-0.2, -0.15) is 0 Å². The van der Waals surface area contributed by atoms with E-state index in [2.05, 4.69) is 14.8 Å². The lowest BCUT2D eigenvalue weighted by atomic mass is 10.1. The van der Waals surface area contributed by atoms with E-state index in [-0.39, 0.29) is 12.2 Å². The fourth-order valence-electron chi connectivity index (χ4n) is 3.74. The molecule has 1 amide bonds. The van der Waals surface area contributed by atoms with Crippen molar-refractivity contribution in [2.75, 3.05) is 44.2 Å². The molecule has 2 heterocycles. The molecule has 0 unspecified atom stereocenters. The summed E-state index contributed by atoms with van der Waals surface area (Å²) in [6.07, 6.45) is -0.619. The minimum Gasteiger partial charge on any atom is -0.491 e. The Balaban J connectivity index is 1.25. The Morgan fingerprint density at radius 3 is 2.74 bits per heavy atom. The van der Waals surface area contributed by atoms with Gasteiger partial charge in [-0.3, -0.25) is 9.69 Å². The van der Waals surface area contributed by atoms with Gasteiger partial charge in [0.05, 0.1) is 20.8 Å². The molecule has 1 aromatic heterocycles. The number of carbonyl (C=O) groups excluding carboxylic acids is 1. The molecular weight excluding hydrogens is 419 g/mol. The predicted molar refractivity (Wildman–Crippen MR) is 119 cm³/mol. The summed E-state index contributed by atoms with van der Waals surface area (Å²) in [5.41, 5.74) is 6.69. The number of piperazine rings is 1. The van der Waals surface area contributed by atoms with E-state index in [1.165, 1.54) is 12.1 Å². The number of anilines is 1. The van der Waals surface area contributed by atoms with Crippen LogP contribution in [0.4, 0.5) is 10.1 Å². The first-order valence-electron chi connectivity index (χ1n) is 10.1. The topological polar surface area (TPSA) is 91.9 Å². The van der Waals surface area contributed by atoms with E-state index in [0.717, 1.165) is 34.0 Å². The van der Waals surface area contributed by atoms with E-state index in [0.29, 0.717) is 25.4 Å². The Kier molecular flexibility index (Phi) is 6.35. The van der Waals surface area contributed by atoms with Crippen molar-refractivity contribution in [3.05, 3.63) is 52.8 Å². The molecule has 164 valence electrons. The first-order chi connectivity index (χ1) is 14.9. The van der Waals surface area contributed by atoms with Gasteiger partial charge in [-0.05, 0) is 37.3 Å². The zero-order valence-electron chi connectivity index (χ0n) is 17.3. The standard InChI is InChI=1S/C22H25FN4O3S/c1-14-25-20-11-17(3-5-21(20)31-14)30-13-16(28)12-26-6-8-27(9-7-26)15-2-4-18(22(24)29)19(23)10-15/h2-5,10-11,16,28H,6-9,12-13H2,1H3,(H2,24,29)/t16-/m1/s1. The van der Waals surface area contributed by atoms with Gasteiger partial charge < -0.3 is 20.5 Å². The van der Waals surface area contributed by atoms with E-state index in [9.17, 15) is 14.3 Å². The van der Waals surface area contributed by atoms with Crippen LogP contribution in [0.1, 0.15) is 15.4 Å². The fourth-order valence-corrected chi connectivity index (χ4v) is 4.55. The molecule has 0 spiro atoms. The Hall–Kier alpha value is -2.75. The summed E-state index contributed by atoms with van der Waals surface area (Å²) in [7, 11) is 0. The average molecular weight is 445 g/mol. The molecule has 1 aliphatic rings. The van der Waals surface area contributed by atoms with Crippen molar-refractivity contribution in [2.45, 2.75) is 13.0 Å². The molecule has 4 rings (SSSR count). The van der Waals surface area contributed by atoms with Gasteiger partial charge in [0.25, 0.3) is 5.91 Å². The highest BCUT2D eigenvalue weighted by Crippen LogP contribution is 2.25. The third kappa shape index (κ3) is 5.12. The van der Waals surface area contributed by atoms with Crippen LogP contribution in [0.15, 0.2) is 36.4 Å². The number of nitrogens with two attached hydrogens (primary N) is 1. The number of β-amino-alcohol motifs (C(OH)–C–C–N with tert-alkyl or cyclic N) is 1. The van der Waals surface area contributed by atoms with Crippen molar-refractivity contribution in [1.29, 1.82) is 0 Å². The highest BCUT2D eigenvalue weighted by molar-refractivity contribution is 7.18. The molecule has 9 heteroatoms. The summed E-state index contributed by atoms with van der Waals surface area (Å²) < 4.78 is 20.9. The van der Waals surface area contributed by atoms with Crippen LogP contribution >= 0.6 is 11.3 Å². The number of fused-ring (bicyclic) bond motifs is 1. The number of aryl methyl sites for hydroxylation is 1. The predicted octanol–water partition coefficient (Wildman–Crippen LogP) is 2.40. The number of thiazole rings is 1. The first kappa shape index (κ1) is 21.5. The number of hydrogen-bond donors (Lipinski definition) is 2. The number of aromatic nitrogens is 1. The van der Waals surface area contributed by atoms with Crippen LogP contribution in [0, 0.1) is 12.7 Å². The second-order valence-electron chi connectivity index (χ2n) is 7.64. The van der Waals surface area contributed by atoms with Gasteiger partial charge in [0.2, 0.25) is 0 Å². The Bertz CT molecular complexity index is 1080. The molecule has 7 nitrogen and oxygen atoms in total. The lowest BCUT2D eigenvalue weighted by molar-refractivity contribution is 0.0663. The molecular formula is C22H25FN4O3S. The lowest BCUT2D eigenvalue weighted by Gasteiger charge is -2.37. The number of primary amides is 1. The molecule has 0 saturated carbocycles. The maximum atomic E-state index is 14.0. The van der Waals surface area contributed by atoms with E-state index in [1.807, 2.05) is 25.1 Å². The number of nitrogens with zero attached hydrogens (tertiary/aromatic N) is 3. The molecule has 1 aliphatic heterocycles. The number of halogens is 1. The van der Waals surface area contributed by atoms with Crippen LogP contribution in [0.25, 0.3) is 10.2 Å². The molecule has 3 N–H and O–H groups in total. The van der Waals surface area contributed by atoms with Crippen LogP contribution in [0.3, 0.4) is 0 Å². The lowest BCUT2D eigenvalue weighted by Crippen LogP contribution is -2.49. The largest absolute Gasteiger partial charge is 0.491 e. The minimum absolute atomic E-state index is 0.102. The quantitative estimate of drug-likeness (QED) is 0.582. The van der Waals surface area contributed by atoms with E-state index in [4.69, 9.17) is 10.5 Å². The fraction of sp³-hybridized carbons (Fsp3) is 0.364. The van der Waals surface area contributed by atoms with Crippen LogP contribution in [0.2, 0.25) is 0 Å². The number of carbonyl (C=O) groups is 1. The summed E-state index contributed by atoms with van der Waals surface area (Å²) in [4.78, 5) is 19.9. The van der Waals surface area contributed by atoms with Crippen LogP contribution in [-0.4, -0.2) is 66.3 Å². The normalized spacial score (nSPS) is 15.9. The summed E-state index contributed by atoms with van der Waals surface area (Å²) in [5, 5.41) is 11.4. The highest BCUT2D eigenvalue weighted by atomic mass is 32.1. The number of rotatable bonds is 7. The first-order valence-corrected chi connectivity index (χ1v) is 11.0. The van der Waals surface area contributed by atoms with Crippen molar-refractivity contribution in [1.82, 2.24) is 9.88 Å². The van der Waals surface area contributed by atoms with Crippen LogP contribution < -0.4 is 15.4 Å². The van der Waals surface area contributed by atoms with E-state index in [1.54, 1.807) is 17.4 Å². The molecule has 1 atom stereocenters. The molecule has 3 aromatic rings. The SMILES string of the molecule is Cc1nc2cc(OC[C@H](O)CN3CCN(c4ccc(C(N)=O)c(F)c4)CC3)ccc2s1. The zero-order valence-corrected chi connectivity index (χ0v) is 18.1. The molecule has 2 aromatic carbocycles. The van der Waals surface area contributed by atoms with Gasteiger partial charge in [0.15, 0.2) is 0 Å². The number of ether oxygens (including phenoxy) is 1. The highest BCUT2D eigenvalue weighted by Gasteiger charge is 2.21. The van der Waals surface area contributed by atoms with Gasteiger partial charge in [0.1, 0.15) is 24.3 Å². The third-order valence-corrected chi connectivity index (χ3v) is 6.28. The molecule has 0 bridgehead atoms. The number of aliphatic hydroxyl groups is 1. The minimum atomic E-state index is -0.772. The number of aliphatic hydroxyl groups excluding tert-OH is 1. The van der Waals surface area contributed by atoms with E-state index < -0.39 is 17.8 Å². The second-order valence-corrected chi connectivity index (χ2v) is 8.88. The van der Waals surface area contributed by atoms with Crippen molar-refractivity contribution in [3.63, 3.8) is 0 Å². The smallest absolute Gasteiger partial charge is 0.251 e. The third-order valence-electron chi connectivity index (χ3n) is 5.33. The summed E-state index contributed by atoms with van der Waals surface area (Å²) >= 11 is 1.64. The van der Waals surface area contributed by atoms with Gasteiger partial charge in [-0.25, -0.2) is 9.37 Å². The Morgan fingerprint density at radius 2 is 2.03 bits per heavy atom. The molecule has 0 aliphatic carbocycles. The summed E-state index contributed by atoms with van der Waals surface area (Å²) in [5.74, 6) is -0.680. The maximum absolute atomic E-state index is 14.0. The van der Waals surface area contributed by atoms with Crippen molar-refractivity contribution in [2.24, 2.45) is 5.73 Å². The molecule has 1 fully saturated rings. The van der Waals surface area contributed by atoms with Gasteiger partial charge in [-0.15, -0.1) is 11.3 Å². The molecule has 1 saturated heterocycles. The molecule has 0 radical (unpaired) electrons. The van der Waals surface area contributed by atoms with Gasteiger partial charge in [-0.1, -0.05) is 0 Å². The Morgan fingerprint density at radius 1 is 1.26 bits per heavy atom. The van der Waals surface area contributed by atoms with E-state index >= 15 is 0 Å². The zero-order chi connectivity index (χ0) is 22.0. The molecule has 31 heavy (non-hydrogen) atoms. The Labute approximate surface area is 183 Å². The van der Waals surface area contributed by atoms with Crippen molar-refractivity contribution < 1.29 is 19.0 Å². The van der Waals surface area contributed by atoms with Crippen LogP contribution in [0.5, 0.6) is 5.75 Å². The van der Waals surface area contributed by atoms with Crippen molar-refractivity contribution >= 4 is 33.1 Å². The summed E-state index contributed by atoms with van der Waals surface area (Å²) in [6.45, 7) is 5.54. The monoisotopic (exact) mass is 444 g/mol. The summed E-state index contributed by atoms with van der Waals surface area (Å²) in [6, 6.07) is 10.3. The number of amides is 1. The van der Waals surface area contributed by atoms with Gasteiger partial charge >= 0.3 is 0 Å². The number of hydrogen-bond acceptors (Lipinski definition) is 7.